The quantitative estimate of drug-likeness (QED) is 0.597. The highest BCUT2D eigenvalue weighted by molar-refractivity contribution is 8.82. The Hall–Kier alpha value is 1.05. The Labute approximate surface area is 69.3 Å². The highest BCUT2D eigenvalue weighted by Gasteiger charge is 2.17. The van der Waals surface area contributed by atoms with Gasteiger partial charge in [-0.1, -0.05) is 35.4 Å². The molecule has 1 aliphatic rings. The molecule has 0 saturated carbocycles. The topological polar surface area (TPSA) is 0 Å². The molecular formula is C6H12S3. The van der Waals surface area contributed by atoms with Gasteiger partial charge >= 0.3 is 0 Å². The van der Waals surface area contributed by atoms with E-state index >= 15 is 0 Å². The first kappa shape index (κ1) is 8.15. The number of thioether (sulfide) groups is 1. The lowest BCUT2D eigenvalue weighted by Crippen LogP contribution is -1.97. The first-order valence-electron chi connectivity index (χ1n) is 3.19. The van der Waals surface area contributed by atoms with Crippen LogP contribution in [0.4, 0.5) is 0 Å². The summed E-state index contributed by atoms with van der Waals surface area (Å²) in [6.07, 6.45) is 1.38. The molecule has 9 heavy (non-hydrogen) atoms. The van der Waals surface area contributed by atoms with Gasteiger partial charge in [0, 0.05) is 0 Å². The Bertz CT molecular complexity index is 76.4. The Balaban J connectivity index is 2.11. The zero-order chi connectivity index (χ0) is 6.69. The van der Waals surface area contributed by atoms with Gasteiger partial charge in [0.1, 0.15) is 0 Å². The van der Waals surface area contributed by atoms with Crippen molar-refractivity contribution in [2.24, 2.45) is 5.92 Å². The van der Waals surface area contributed by atoms with Crippen molar-refractivity contribution in [1.29, 1.82) is 0 Å². The van der Waals surface area contributed by atoms with Crippen molar-refractivity contribution in [2.75, 3.05) is 5.08 Å². The van der Waals surface area contributed by atoms with Gasteiger partial charge < -0.3 is 0 Å². The van der Waals surface area contributed by atoms with Gasteiger partial charge in [-0.15, -0.1) is 11.8 Å². The summed E-state index contributed by atoms with van der Waals surface area (Å²) in [5.74, 6) is 0.869. The Morgan fingerprint density at radius 3 is 2.78 bits per heavy atom. The average molecular weight is 180 g/mol. The van der Waals surface area contributed by atoms with Crippen LogP contribution < -0.4 is 0 Å². The third kappa shape index (κ3) is 3.10. The predicted molar refractivity (Wildman–Crippen MR) is 50.9 cm³/mol. The van der Waals surface area contributed by atoms with Gasteiger partial charge in [0.05, 0.1) is 9.67 Å². The maximum absolute atomic E-state index is 2.30. The maximum Gasteiger partial charge on any atom is 0.0617 e. The lowest BCUT2D eigenvalue weighted by atomic mass is 10.2. The minimum absolute atomic E-state index is 0.869. The lowest BCUT2D eigenvalue weighted by Gasteiger charge is -2.08. The second-order valence-electron chi connectivity index (χ2n) is 2.56. The van der Waals surface area contributed by atoms with Gasteiger partial charge in [0.2, 0.25) is 0 Å². The van der Waals surface area contributed by atoms with Crippen LogP contribution >= 0.6 is 33.3 Å². The smallest absolute Gasteiger partial charge is 0.0617 e. The van der Waals surface area contributed by atoms with Crippen LogP contribution in [0.5, 0.6) is 0 Å². The van der Waals surface area contributed by atoms with Crippen LogP contribution in [-0.4, -0.2) is 9.67 Å². The molecular weight excluding hydrogens is 168 g/mol. The van der Waals surface area contributed by atoms with Gasteiger partial charge in [-0.25, -0.2) is 0 Å². The Morgan fingerprint density at radius 1 is 1.56 bits per heavy atom. The molecule has 0 bridgehead atoms. The number of hydrogen-bond acceptors (Lipinski definition) is 3. The minimum Gasteiger partial charge on any atom is -0.135 e. The summed E-state index contributed by atoms with van der Waals surface area (Å²) in [4.78, 5) is 0. The molecule has 54 valence electrons. The zero-order valence-electron chi connectivity index (χ0n) is 5.79. The van der Waals surface area contributed by atoms with E-state index in [-0.39, 0.29) is 0 Å². The van der Waals surface area contributed by atoms with Gasteiger partial charge in [-0.3, -0.25) is 0 Å². The normalized spacial score (nSPS) is 27.7. The van der Waals surface area contributed by atoms with Crippen molar-refractivity contribution in [1.82, 2.24) is 0 Å². The Kier molecular flexibility index (Phi) is 3.66. The van der Waals surface area contributed by atoms with Crippen molar-refractivity contribution in [3.63, 3.8) is 0 Å². The van der Waals surface area contributed by atoms with Crippen LogP contribution in [-0.2, 0) is 0 Å². The second-order valence-corrected chi connectivity index (χ2v) is 6.98. The monoisotopic (exact) mass is 180 g/mol. The summed E-state index contributed by atoms with van der Waals surface area (Å²) in [5.41, 5.74) is 0. The zero-order valence-corrected chi connectivity index (χ0v) is 8.24. The van der Waals surface area contributed by atoms with E-state index in [1.165, 1.54) is 11.5 Å². The van der Waals surface area contributed by atoms with Crippen LogP contribution in [0.2, 0.25) is 0 Å². The molecule has 0 amide bonds. The molecule has 0 aromatic heterocycles. The molecule has 0 aromatic rings. The molecule has 0 N–H and O–H groups in total. The van der Waals surface area contributed by atoms with Crippen LogP contribution in [0, 0.1) is 5.92 Å². The van der Waals surface area contributed by atoms with E-state index in [1.54, 1.807) is 0 Å². The largest absolute Gasteiger partial charge is 0.135 e. The van der Waals surface area contributed by atoms with E-state index in [2.05, 4.69) is 36.4 Å². The van der Waals surface area contributed by atoms with Crippen LogP contribution in [0.15, 0.2) is 0 Å². The molecule has 1 fully saturated rings. The van der Waals surface area contributed by atoms with Crippen molar-refractivity contribution < 1.29 is 0 Å². The van der Waals surface area contributed by atoms with Gasteiger partial charge in [-0.05, 0) is 12.3 Å². The fourth-order valence-electron chi connectivity index (χ4n) is 0.727. The molecule has 0 aromatic carbocycles. The van der Waals surface area contributed by atoms with Gasteiger partial charge in [0.15, 0.2) is 0 Å². The molecule has 1 saturated heterocycles. The van der Waals surface area contributed by atoms with E-state index in [4.69, 9.17) is 0 Å². The summed E-state index contributed by atoms with van der Waals surface area (Å²) in [7, 11) is 4.05. The predicted octanol–water partition coefficient (Wildman–Crippen LogP) is 3.44. The molecule has 0 unspecified atom stereocenters. The summed E-state index contributed by atoms with van der Waals surface area (Å²) in [6, 6.07) is 0. The molecule has 0 nitrogen and oxygen atoms in total. The van der Waals surface area contributed by atoms with E-state index < -0.39 is 0 Å². The third-order valence-corrected chi connectivity index (χ3v) is 6.21. The summed E-state index contributed by atoms with van der Waals surface area (Å²) >= 11 is 2.10. The fraction of sp³-hybridized carbons (Fsp3) is 1.00. The number of hydrogen-bond donors (Lipinski definition) is 0. The highest BCUT2D eigenvalue weighted by Crippen LogP contribution is 2.47. The molecule has 0 radical (unpaired) electrons. The Morgan fingerprint density at radius 2 is 2.33 bits per heavy atom. The van der Waals surface area contributed by atoms with Crippen molar-refractivity contribution >= 4 is 33.3 Å². The first-order chi connectivity index (χ1) is 4.29. The molecule has 3 heteroatoms. The molecule has 0 aliphatic carbocycles. The molecule has 1 rings (SSSR count). The van der Waals surface area contributed by atoms with E-state index in [0.29, 0.717) is 0 Å². The van der Waals surface area contributed by atoms with E-state index in [1.807, 2.05) is 10.8 Å². The lowest BCUT2D eigenvalue weighted by molar-refractivity contribution is 0.621. The molecule has 0 spiro atoms. The summed E-state index contributed by atoms with van der Waals surface area (Å²) in [6.45, 7) is 4.59. The van der Waals surface area contributed by atoms with Crippen LogP contribution in [0.1, 0.15) is 20.3 Å². The van der Waals surface area contributed by atoms with Gasteiger partial charge in [0.25, 0.3) is 0 Å². The molecule has 1 aliphatic heterocycles. The SMILES string of the molecule is CC(C)C[C@H]1SCSS1. The van der Waals surface area contributed by atoms with E-state index in [9.17, 15) is 0 Å². The van der Waals surface area contributed by atoms with Crippen LogP contribution in [0.25, 0.3) is 0 Å². The molecule has 1 atom stereocenters. The fourth-order valence-corrected chi connectivity index (χ4v) is 6.33. The van der Waals surface area contributed by atoms with E-state index in [0.717, 1.165) is 10.5 Å². The van der Waals surface area contributed by atoms with Crippen LogP contribution in [0.3, 0.4) is 0 Å². The second kappa shape index (κ2) is 4.04. The van der Waals surface area contributed by atoms with Crippen molar-refractivity contribution in [3.8, 4) is 0 Å². The standard InChI is InChI=1S/C6H12S3/c1-5(2)3-6-7-4-8-9-6/h5-6H,3-4H2,1-2H3/t6-/m0/s1. The third-order valence-electron chi connectivity index (χ3n) is 1.14. The van der Waals surface area contributed by atoms with Crippen molar-refractivity contribution in [2.45, 2.75) is 24.9 Å². The van der Waals surface area contributed by atoms with Gasteiger partial charge in [-0.2, -0.15) is 0 Å². The minimum atomic E-state index is 0.869. The highest BCUT2D eigenvalue weighted by atomic mass is 33.1. The summed E-state index contributed by atoms with van der Waals surface area (Å²) < 4.78 is 0.884. The maximum atomic E-state index is 2.30. The van der Waals surface area contributed by atoms with Crippen molar-refractivity contribution in [3.05, 3.63) is 0 Å². The summed E-state index contributed by atoms with van der Waals surface area (Å²) in [5, 5.41) is 1.29. The average Bonchev–Trinajstić information content (AvgIpc) is 2.15. The molecule has 1 heterocycles. The first-order valence-corrected chi connectivity index (χ1v) is 6.62. The number of rotatable bonds is 2.